The van der Waals surface area contributed by atoms with E-state index in [4.69, 9.17) is 5.73 Å². The van der Waals surface area contributed by atoms with Gasteiger partial charge in [-0.1, -0.05) is 6.07 Å². The topological polar surface area (TPSA) is 88.2 Å². The number of hydrogen-bond donors (Lipinski definition) is 1. The Balaban J connectivity index is 1.36. The highest BCUT2D eigenvalue weighted by atomic mass is 16.2. The highest BCUT2D eigenvalue weighted by molar-refractivity contribution is 5.98. The zero-order chi connectivity index (χ0) is 19.5. The first-order valence-corrected chi connectivity index (χ1v) is 10.2. The van der Waals surface area contributed by atoms with Gasteiger partial charge in [0.1, 0.15) is 23.0 Å². The van der Waals surface area contributed by atoms with Crippen molar-refractivity contribution in [3.05, 3.63) is 42.0 Å². The Hall–Kier alpha value is -2.70. The average Bonchev–Trinajstić information content (AvgIpc) is 3.58. The molecule has 2 aromatic heterocycles. The number of hydrogen-bond acceptors (Lipinski definition) is 6. The van der Waals surface area contributed by atoms with Crippen molar-refractivity contribution in [1.82, 2.24) is 19.9 Å². The first-order chi connectivity index (χ1) is 13.7. The number of aromatic nitrogens is 3. The Bertz CT molecular complexity index is 815. The fraction of sp³-hybridized carbons (Fsp3) is 0.524. The number of pyridine rings is 1. The molecule has 2 aliphatic rings. The van der Waals surface area contributed by atoms with E-state index < -0.39 is 0 Å². The lowest BCUT2D eigenvalue weighted by atomic mass is 9.96. The molecule has 7 heteroatoms. The number of carbonyl (C=O) groups excluding carboxylic acids is 1. The average molecular weight is 380 g/mol. The lowest BCUT2D eigenvalue weighted by Gasteiger charge is -2.35. The van der Waals surface area contributed by atoms with Crippen LogP contribution in [0.4, 0.5) is 11.6 Å². The zero-order valence-corrected chi connectivity index (χ0v) is 16.4. The summed E-state index contributed by atoms with van der Waals surface area (Å²) in [7, 11) is 0. The molecule has 0 aromatic carbocycles. The fourth-order valence-electron chi connectivity index (χ4n) is 3.84. The zero-order valence-electron chi connectivity index (χ0n) is 16.4. The van der Waals surface area contributed by atoms with Crippen LogP contribution in [0.25, 0.3) is 0 Å². The molecule has 2 N–H and O–H groups in total. The summed E-state index contributed by atoms with van der Waals surface area (Å²) in [5, 5.41) is 0. The summed E-state index contributed by atoms with van der Waals surface area (Å²) in [6.07, 6.45) is 7.78. The van der Waals surface area contributed by atoms with Gasteiger partial charge in [-0.15, -0.1) is 0 Å². The molecule has 3 heterocycles. The minimum absolute atomic E-state index is 0.0606. The van der Waals surface area contributed by atoms with Crippen LogP contribution in [0, 0.1) is 5.92 Å². The van der Waals surface area contributed by atoms with Crippen LogP contribution in [-0.2, 0) is 0 Å². The van der Waals surface area contributed by atoms with Gasteiger partial charge in [0.2, 0.25) is 0 Å². The Morgan fingerprint density at radius 3 is 2.61 bits per heavy atom. The van der Waals surface area contributed by atoms with Crippen molar-refractivity contribution in [2.75, 3.05) is 36.8 Å². The molecule has 1 aliphatic carbocycles. The van der Waals surface area contributed by atoms with Crippen LogP contribution >= 0.6 is 0 Å². The van der Waals surface area contributed by atoms with E-state index in [-0.39, 0.29) is 5.91 Å². The number of rotatable bonds is 6. The van der Waals surface area contributed by atoms with Crippen molar-refractivity contribution in [2.24, 2.45) is 5.92 Å². The lowest BCUT2D eigenvalue weighted by molar-refractivity contribution is 0.0729. The summed E-state index contributed by atoms with van der Waals surface area (Å²) in [6, 6.07) is 6.01. The molecule has 7 nitrogen and oxygen atoms in total. The molecule has 148 valence electrons. The van der Waals surface area contributed by atoms with E-state index in [9.17, 15) is 4.79 Å². The molecule has 1 amide bonds. The van der Waals surface area contributed by atoms with E-state index in [0.29, 0.717) is 29.8 Å². The fourth-order valence-corrected chi connectivity index (χ4v) is 3.84. The first-order valence-electron chi connectivity index (χ1n) is 10.2. The third kappa shape index (κ3) is 4.08. The smallest absolute Gasteiger partial charge is 0.259 e. The highest BCUT2D eigenvalue weighted by Crippen LogP contribution is 2.38. The Morgan fingerprint density at radius 2 is 2.00 bits per heavy atom. The van der Waals surface area contributed by atoms with Crippen molar-refractivity contribution in [3.63, 3.8) is 0 Å². The summed E-state index contributed by atoms with van der Waals surface area (Å²) in [4.78, 5) is 30.4. The largest absolute Gasteiger partial charge is 0.383 e. The van der Waals surface area contributed by atoms with Crippen LogP contribution in [0.5, 0.6) is 0 Å². The predicted molar refractivity (Wildman–Crippen MR) is 109 cm³/mol. The van der Waals surface area contributed by atoms with Crippen molar-refractivity contribution in [1.29, 1.82) is 0 Å². The molecule has 28 heavy (non-hydrogen) atoms. The quantitative estimate of drug-likeness (QED) is 0.829. The van der Waals surface area contributed by atoms with Gasteiger partial charge in [0.15, 0.2) is 0 Å². The molecule has 0 bridgehead atoms. The Morgan fingerprint density at radius 1 is 1.21 bits per heavy atom. The summed E-state index contributed by atoms with van der Waals surface area (Å²) >= 11 is 0. The van der Waals surface area contributed by atoms with Crippen molar-refractivity contribution in [2.45, 2.75) is 38.5 Å². The Kier molecular flexibility index (Phi) is 5.41. The normalized spacial score (nSPS) is 17.5. The van der Waals surface area contributed by atoms with Crippen molar-refractivity contribution < 1.29 is 4.79 Å². The molecule has 2 fully saturated rings. The number of anilines is 2. The first kappa shape index (κ1) is 18.7. The number of piperidine rings is 1. The molecule has 1 saturated heterocycles. The summed E-state index contributed by atoms with van der Waals surface area (Å²) in [6.45, 7) is 5.35. The van der Waals surface area contributed by atoms with E-state index in [0.717, 1.165) is 57.0 Å². The molecular formula is C21H28N6O. The van der Waals surface area contributed by atoms with Crippen LogP contribution in [0.2, 0.25) is 0 Å². The van der Waals surface area contributed by atoms with Gasteiger partial charge in [0.05, 0.1) is 0 Å². The number of carbonyl (C=O) groups is 1. The predicted octanol–water partition coefficient (Wildman–Crippen LogP) is 2.71. The SMILES string of the molecule is CCN(CC1CCN(c2ccccn2)CC1)C(=O)c1cnc(C2CC2)nc1N. The standard InChI is InChI=1S/C21H28N6O/c1-2-26(21(28)17-13-24-20(16-6-7-16)25-19(17)22)14-15-8-11-27(12-9-15)18-5-3-4-10-23-18/h3-5,10,13,15-16H,2,6-9,11-12,14H2,1H3,(H2,22,24,25). The van der Waals surface area contributed by atoms with Crippen molar-refractivity contribution in [3.8, 4) is 0 Å². The number of nitrogen functional groups attached to an aromatic ring is 1. The van der Waals surface area contributed by atoms with Gasteiger partial charge in [0.25, 0.3) is 5.91 Å². The summed E-state index contributed by atoms with van der Waals surface area (Å²) in [5.74, 6) is 2.97. The maximum Gasteiger partial charge on any atom is 0.259 e. The second-order valence-electron chi connectivity index (χ2n) is 7.76. The third-order valence-corrected chi connectivity index (χ3v) is 5.75. The molecule has 1 saturated carbocycles. The van der Waals surface area contributed by atoms with E-state index >= 15 is 0 Å². The second kappa shape index (κ2) is 8.12. The van der Waals surface area contributed by atoms with E-state index in [1.54, 1.807) is 6.20 Å². The molecule has 1 aliphatic heterocycles. The monoisotopic (exact) mass is 380 g/mol. The van der Waals surface area contributed by atoms with Crippen LogP contribution < -0.4 is 10.6 Å². The number of nitrogens with two attached hydrogens (primary N) is 1. The van der Waals surface area contributed by atoms with Gasteiger partial charge in [-0.05, 0) is 50.7 Å². The van der Waals surface area contributed by atoms with Gasteiger partial charge in [0, 0.05) is 44.5 Å². The molecule has 2 aromatic rings. The molecular weight excluding hydrogens is 352 g/mol. The lowest BCUT2D eigenvalue weighted by Crippen LogP contribution is -2.41. The minimum atomic E-state index is -0.0606. The molecule has 0 radical (unpaired) electrons. The maximum absolute atomic E-state index is 13.0. The molecule has 0 unspecified atom stereocenters. The van der Waals surface area contributed by atoms with Gasteiger partial charge in [-0.25, -0.2) is 15.0 Å². The van der Waals surface area contributed by atoms with Gasteiger partial charge in [-0.2, -0.15) is 0 Å². The van der Waals surface area contributed by atoms with Gasteiger partial charge < -0.3 is 15.5 Å². The Labute approximate surface area is 166 Å². The van der Waals surface area contributed by atoms with Crippen LogP contribution in [0.1, 0.15) is 54.7 Å². The van der Waals surface area contributed by atoms with Gasteiger partial charge >= 0.3 is 0 Å². The minimum Gasteiger partial charge on any atom is -0.383 e. The number of amides is 1. The summed E-state index contributed by atoms with van der Waals surface area (Å²) in [5.41, 5.74) is 6.51. The van der Waals surface area contributed by atoms with Crippen molar-refractivity contribution >= 4 is 17.5 Å². The van der Waals surface area contributed by atoms with E-state index in [1.807, 2.05) is 30.2 Å². The molecule has 0 spiro atoms. The van der Waals surface area contributed by atoms with E-state index in [2.05, 4.69) is 25.9 Å². The highest BCUT2D eigenvalue weighted by Gasteiger charge is 2.29. The van der Waals surface area contributed by atoms with Crippen LogP contribution in [-0.4, -0.2) is 51.9 Å². The van der Waals surface area contributed by atoms with Crippen LogP contribution in [0.3, 0.4) is 0 Å². The maximum atomic E-state index is 13.0. The second-order valence-corrected chi connectivity index (χ2v) is 7.76. The van der Waals surface area contributed by atoms with E-state index in [1.165, 1.54) is 0 Å². The summed E-state index contributed by atoms with van der Waals surface area (Å²) < 4.78 is 0. The molecule has 4 rings (SSSR count). The van der Waals surface area contributed by atoms with Gasteiger partial charge in [-0.3, -0.25) is 4.79 Å². The molecule has 0 atom stereocenters. The number of nitrogens with zero attached hydrogens (tertiary/aromatic N) is 5. The third-order valence-electron chi connectivity index (χ3n) is 5.75. The van der Waals surface area contributed by atoms with Crippen LogP contribution in [0.15, 0.2) is 30.6 Å².